The number of nitrogens with one attached hydrogen (secondary N) is 1. The van der Waals surface area contributed by atoms with Crippen molar-refractivity contribution < 1.29 is 14.3 Å². The summed E-state index contributed by atoms with van der Waals surface area (Å²) in [4.78, 5) is 23.8. The summed E-state index contributed by atoms with van der Waals surface area (Å²) in [6, 6.07) is 15.7. The van der Waals surface area contributed by atoms with E-state index in [0.29, 0.717) is 18.0 Å². The molecule has 0 aliphatic heterocycles. The van der Waals surface area contributed by atoms with Gasteiger partial charge in [-0.25, -0.2) is 9.97 Å². The number of anilines is 1. The van der Waals surface area contributed by atoms with E-state index < -0.39 is 0 Å². The molecule has 0 aliphatic rings. The Morgan fingerprint density at radius 1 is 1.00 bits per heavy atom. The first-order valence-electron chi connectivity index (χ1n) is 12.1. The van der Waals surface area contributed by atoms with Crippen molar-refractivity contribution in [1.29, 1.82) is 0 Å². The highest BCUT2D eigenvalue weighted by Gasteiger charge is 2.11. The molecule has 1 heterocycles. The number of methoxy groups -OCH3 is 2. The van der Waals surface area contributed by atoms with E-state index in [1.54, 1.807) is 26.0 Å². The molecule has 0 radical (unpaired) electrons. The Kier molecular flexibility index (Phi) is 9.99. The molecule has 0 saturated heterocycles. The molecular formula is C28H36N4O3S. The van der Waals surface area contributed by atoms with Crippen LogP contribution in [0, 0.1) is 12.8 Å². The van der Waals surface area contributed by atoms with E-state index in [1.807, 2.05) is 56.4 Å². The second-order valence-electron chi connectivity index (χ2n) is 9.10. The number of aromatic nitrogens is 2. The van der Waals surface area contributed by atoms with Gasteiger partial charge in [0.1, 0.15) is 5.82 Å². The van der Waals surface area contributed by atoms with Crippen LogP contribution in [0.3, 0.4) is 0 Å². The van der Waals surface area contributed by atoms with Crippen molar-refractivity contribution in [3.8, 4) is 11.5 Å². The van der Waals surface area contributed by atoms with E-state index in [4.69, 9.17) is 14.5 Å². The molecule has 0 atom stereocenters. The van der Waals surface area contributed by atoms with Gasteiger partial charge >= 0.3 is 0 Å². The summed E-state index contributed by atoms with van der Waals surface area (Å²) in [5, 5.41) is 3.69. The molecule has 3 aromatic rings. The number of likely N-dealkylation sites (N-methyl/N-ethyl adjacent to an activating group) is 1. The Balaban J connectivity index is 1.58. The van der Waals surface area contributed by atoms with Crippen molar-refractivity contribution in [2.45, 2.75) is 38.1 Å². The molecule has 1 aromatic heterocycles. The highest BCUT2D eigenvalue weighted by atomic mass is 32.2. The highest BCUT2D eigenvalue weighted by Crippen LogP contribution is 2.28. The van der Waals surface area contributed by atoms with Crippen LogP contribution < -0.4 is 19.7 Å². The summed E-state index contributed by atoms with van der Waals surface area (Å²) < 4.78 is 10.7. The average Bonchev–Trinajstić information content (AvgIpc) is 2.88. The van der Waals surface area contributed by atoms with Gasteiger partial charge in [-0.15, -0.1) is 0 Å². The van der Waals surface area contributed by atoms with Gasteiger partial charge in [-0.3, -0.25) is 4.79 Å². The van der Waals surface area contributed by atoms with E-state index in [2.05, 4.69) is 35.1 Å². The molecule has 36 heavy (non-hydrogen) atoms. The van der Waals surface area contributed by atoms with E-state index in [1.165, 1.54) is 5.56 Å². The molecule has 2 aromatic carbocycles. The number of hydrogen-bond donors (Lipinski definition) is 1. The van der Waals surface area contributed by atoms with Crippen LogP contribution in [0.4, 0.5) is 5.82 Å². The van der Waals surface area contributed by atoms with Crippen LogP contribution in [0.5, 0.6) is 11.5 Å². The van der Waals surface area contributed by atoms with Gasteiger partial charge in [0.15, 0.2) is 16.7 Å². The molecule has 0 bridgehead atoms. The zero-order valence-electron chi connectivity index (χ0n) is 22.0. The van der Waals surface area contributed by atoms with Gasteiger partial charge in [-0.1, -0.05) is 43.8 Å². The minimum Gasteiger partial charge on any atom is -0.493 e. The lowest BCUT2D eigenvalue weighted by Crippen LogP contribution is -2.27. The third-order valence-corrected chi connectivity index (χ3v) is 6.57. The van der Waals surface area contributed by atoms with E-state index in [-0.39, 0.29) is 5.91 Å². The number of benzene rings is 2. The van der Waals surface area contributed by atoms with Gasteiger partial charge in [0.25, 0.3) is 5.91 Å². The second kappa shape index (κ2) is 13.2. The molecule has 0 spiro atoms. The van der Waals surface area contributed by atoms with Crippen molar-refractivity contribution in [3.05, 3.63) is 70.9 Å². The topological polar surface area (TPSA) is 76.6 Å². The number of hydrogen-bond acceptors (Lipinski definition) is 7. The smallest absolute Gasteiger partial charge is 0.251 e. The van der Waals surface area contributed by atoms with E-state index in [9.17, 15) is 4.79 Å². The molecule has 8 heteroatoms. The van der Waals surface area contributed by atoms with Gasteiger partial charge in [-0.05, 0) is 54.7 Å². The fourth-order valence-electron chi connectivity index (χ4n) is 3.53. The predicted octanol–water partition coefficient (Wildman–Crippen LogP) is 5.16. The summed E-state index contributed by atoms with van der Waals surface area (Å²) in [6.07, 6.45) is 0.847. The SMILES string of the molecule is COc1ccc(CCN(C)c2cc(C)nc(SCc3ccc(C(=O)NCC(C)C)cc3)n2)cc1OC. The van der Waals surface area contributed by atoms with Crippen molar-refractivity contribution in [2.24, 2.45) is 5.92 Å². The van der Waals surface area contributed by atoms with Crippen LogP contribution in [-0.2, 0) is 12.2 Å². The molecular weight excluding hydrogens is 472 g/mol. The number of amides is 1. The van der Waals surface area contributed by atoms with Crippen molar-refractivity contribution in [1.82, 2.24) is 15.3 Å². The van der Waals surface area contributed by atoms with E-state index in [0.717, 1.165) is 52.4 Å². The van der Waals surface area contributed by atoms with Gasteiger partial charge in [-0.2, -0.15) is 0 Å². The minimum atomic E-state index is -0.0364. The Morgan fingerprint density at radius 2 is 1.69 bits per heavy atom. The molecule has 0 fully saturated rings. The van der Waals surface area contributed by atoms with Crippen molar-refractivity contribution in [2.75, 3.05) is 39.3 Å². The molecule has 0 aliphatic carbocycles. The number of rotatable bonds is 12. The zero-order chi connectivity index (χ0) is 26.1. The fraction of sp³-hybridized carbons (Fsp3) is 0.393. The average molecular weight is 509 g/mol. The summed E-state index contributed by atoms with van der Waals surface area (Å²) in [5.41, 5.74) is 3.89. The zero-order valence-corrected chi connectivity index (χ0v) is 22.8. The standard InChI is InChI=1S/C28H36N4O3S/c1-19(2)17-29-27(33)23-10-7-22(8-11-23)18-36-28-30-20(3)15-26(31-28)32(4)14-13-21-9-12-24(34-5)25(16-21)35-6/h7-12,15-16,19H,13-14,17-18H2,1-6H3,(H,29,33). The molecule has 0 unspecified atom stereocenters. The van der Waals surface area contributed by atoms with Gasteiger partial charge in [0.05, 0.1) is 14.2 Å². The maximum Gasteiger partial charge on any atom is 0.251 e. The summed E-state index contributed by atoms with van der Waals surface area (Å²) in [6.45, 7) is 7.62. The van der Waals surface area contributed by atoms with Gasteiger partial charge in [0, 0.05) is 43.2 Å². The van der Waals surface area contributed by atoms with Crippen molar-refractivity contribution in [3.63, 3.8) is 0 Å². The molecule has 1 amide bonds. The third kappa shape index (κ3) is 7.88. The largest absolute Gasteiger partial charge is 0.493 e. The molecule has 3 rings (SSSR count). The summed E-state index contributed by atoms with van der Waals surface area (Å²) in [7, 11) is 5.33. The lowest BCUT2D eigenvalue weighted by Gasteiger charge is -2.19. The van der Waals surface area contributed by atoms with Crippen LogP contribution in [0.25, 0.3) is 0 Å². The number of aryl methyl sites for hydroxylation is 1. The Bertz CT molecular complexity index is 1150. The fourth-order valence-corrected chi connectivity index (χ4v) is 4.39. The lowest BCUT2D eigenvalue weighted by molar-refractivity contribution is 0.0949. The first-order valence-corrected chi connectivity index (χ1v) is 13.0. The molecule has 0 saturated carbocycles. The van der Waals surface area contributed by atoms with Crippen LogP contribution >= 0.6 is 11.8 Å². The number of nitrogens with zero attached hydrogens (tertiary/aromatic N) is 3. The van der Waals surface area contributed by atoms with Crippen LogP contribution in [-0.4, -0.2) is 50.2 Å². The van der Waals surface area contributed by atoms with Crippen molar-refractivity contribution >= 4 is 23.5 Å². The highest BCUT2D eigenvalue weighted by molar-refractivity contribution is 7.98. The quantitative estimate of drug-likeness (QED) is 0.267. The van der Waals surface area contributed by atoms with Crippen LogP contribution in [0.15, 0.2) is 53.7 Å². The van der Waals surface area contributed by atoms with E-state index >= 15 is 0 Å². The normalized spacial score (nSPS) is 10.9. The van der Waals surface area contributed by atoms with Crippen LogP contribution in [0.1, 0.15) is 41.0 Å². The Labute approximate surface area is 218 Å². The summed E-state index contributed by atoms with van der Waals surface area (Å²) >= 11 is 1.59. The Morgan fingerprint density at radius 3 is 2.36 bits per heavy atom. The number of thioether (sulfide) groups is 1. The van der Waals surface area contributed by atoms with Gasteiger partial charge < -0.3 is 19.7 Å². The molecule has 1 N–H and O–H groups in total. The number of ether oxygens (including phenoxy) is 2. The third-order valence-electron chi connectivity index (χ3n) is 5.65. The first kappa shape index (κ1) is 27.3. The predicted molar refractivity (Wildman–Crippen MR) is 146 cm³/mol. The minimum absolute atomic E-state index is 0.0364. The monoisotopic (exact) mass is 508 g/mol. The first-order chi connectivity index (χ1) is 17.3. The lowest BCUT2D eigenvalue weighted by atomic mass is 10.1. The van der Waals surface area contributed by atoms with Crippen LogP contribution in [0.2, 0.25) is 0 Å². The second-order valence-corrected chi connectivity index (χ2v) is 10.0. The number of carbonyl (C=O) groups excluding carboxylic acids is 1. The molecule has 192 valence electrons. The number of carbonyl (C=O) groups is 1. The summed E-state index contributed by atoms with van der Waals surface area (Å²) in [5.74, 6) is 3.47. The maximum absolute atomic E-state index is 12.2. The maximum atomic E-state index is 12.2. The molecule has 7 nitrogen and oxygen atoms in total. The Hall–Kier alpha value is -3.26. The van der Waals surface area contributed by atoms with Gasteiger partial charge in [0.2, 0.25) is 0 Å².